The zero-order valence-electron chi connectivity index (χ0n) is 14.6. The van der Waals surface area contributed by atoms with E-state index < -0.39 is 28.5 Å². The lowest BCUT2D eigenvalue weighted by atomic mass is 10.2. The Morgan fingerprint density at radius 2 is 1.96 bits per heavy atom. The van der Waals surface area contributed by atoms with Crippen molar-refractivity contribution in [2.24, 2.45) is 0 Å². The molecule has 8 nitrogen and oxygen atoms in total. The second kappa shape index (κ2) is 10.1. The summed E-state index contributed by atoms with van der Waals surface area (Å²) in [7, 11) is -2.38. The second-order valence-corrected chi connectivity index (χ2v) is 7.32. The fraction of sp³-hybridized carbons (Fsp3) is 0.500. The maximum absolute atomic E-state index is 11.9. The summed E-state index contributed by atoms with van der Waals surface area (Å²) in [6, 6.07) is 5.39. The van der Waals surface area contributed by atoms with Gasteiger partial charge < -0.3 is 14.8 Å². The van der Waals surface area contributed by atoms with Crippen LogP contribution in [0.4, 0.5) is 0 Å². The molecule has 2 N–H and O–H groups in total. The molecule has 0 atom stereocenters. The van der Waals surface area contributed by atoms with Crippen molar-refractivity contribution >= 4 is 21.9 Å². The lowest BCUT2D eigenvalue weighted by Gasteiger charge is -2.09. The molecule has 1 aromatic carbocycles. The Morgan fingerprint density at radius 1 is 1.24 bits per heavy atom. The Labute approximate surface area is 147 Å². The van der Waals surface area contributed by atoms with Crippen molar-refractivity contribution in [1.82, 2.24) is 10.0 Å². The van der Waals surface area contributed by atoms with E-state index in [1.807, 2.05) is 13.8 Å². The number of hydrogen-bond acceptors (Lipinski definition) is 6. The smallest absolute Gasteiger partial charge is 0.338 e. The van der Waals surface area contributed by atoms with Gasteiger partial charge in [-0.05, 0) is 45.5 Å². The summed E-state index contributed by atoms with van der Waals surface area (Å²) in [5, 5.41) is 2.61. The molecule has 25 heavy (non-hydrogen) atoms. The maximum Gasteiger partial charge on any atom is 0.338 e. The molecule has 9 heteroatoms. The van der Waals surface area contributed by atoms with Gasteiger partial charge in [-0.1, -0.05) is 6.07 Å². The number of hydrogen-bond donors (Lipinski definition) is 2. The van der Waals surface area contributed by atoms with Gasteiger partial charge >= 0.3 is 5.97 Å². The van der Waals surface area contributed by atoms with Crippen LogP contribution in [0.15, 0.2) is 29.2 Å². The molecule has 0 saturated heterocycles. The molecule has 1 amide bonds. The maximum atomic E-state index is 11.9. The third-order valence-electron chi connectivity index (χ3n) is 3.08. The molecule has 1 aromatic rings. The van der Waals surface area contributed by atoms with Gasteiger partial charge in [0.15, 0.2) is 6.61 Å². The van der Waals surface area contributed by atoms with E-state index >= 15 is 0 Å². The SMILES string of the molecule is CNS(=O)(=O)c1cccc(C(=O)OCC(=O)NCCCOC(C)C)c1. The van der Waals surface area contributed by atoms with Crippen LogP contribution in [-0.4, -0.2) is 53.2 Å². The van der Waals surface area contributed by atoms with Crippen LogP contribution in [-0.2, 0) is 24.3 Å². The average molecular weight is 372 g/mol. The molecule has 0 fully saturated rings. The molecule has 0 spiro atoms. The third kappa shape index (κ3) is 7.63. The molecular weight excluding hydrogens is 348 g/mol. The lowest BCUT2D eigenvalue weighted by molar-refractivity contribution is -0.124. The molecule has 0 unspecified atom stereocenters. The molecule has 0 heterocycles. The Balaban J connectivity index is 2.44. The van der Waals surface area contributed by atoms with Crippen molar-refractivity contribution < 1.29 is 27.5 Å². The highest BCUT2D eigenvalue weighted by Gasteiger charge is 2.15. The topological polar surface area (TPSA) is 111 Å². The van der Waals surface area contributed by atoms with Crippen molar-refractivity contribution in [3.8, 4) is 0 Å². The van der Waals surface area contributed by atoms with Crippen molar-refractivity contribution in [1.29, 1.82) is 0 Å². The Kier molecular flexibility index (Phi) is 8.53. The number of benzene rings is 1. The number of amides is 1. The first-order valence-corrected chi connectivity index (χ1v) is 9.33. The molecule has 0 saturated carbocycles. The normalized spacial score (nSPS) is 11.4. The van der Waals surface area contributed by atoms with E-state index in [1.54, 1.807) is 0 Å². The highest BCUT2D eigenvalue weighted by molar-refractivity contribution is 7.89. The van der Waals surface area contributed by atoms with Gasteiger partial charge in [-0.15, -0.1) is 0 Å². The van der Waals surface area contributed by atoms with Gasteiger partial charge in [-0.3, -0.25) is 4.79 Å². The largest absolute Gasteiger partial charge is 0.452 e. The fourth-order valence-corrected chi connectivity index (χ4v) is 2.57. The molecule has 1 rings (SSSR count). The molecule has 0 aliphatic rings. The standard InChI is InChI=1S/C16H24N2O6S/c1-12(2)23-9-5-8-18-15(19)11-24-16(20)13-6-4-7-14(10-13)25(21,22)17-3/h4,6-7,10,12,17H,5,8-9,11H2,1-3H3,(H,18,19). The minimum absolute atomic E-state index is 0.0504. The van der Waals surface area contributed by atoms with Crippen LogP contribution in [0.2, 0.25) is 0 Å². The monoisotopic (exact) mass is 372 g/mol. The van der Waals surface area contributed by atoms with Gasteiger partial charge in [0.1, 0.15) is 0 Å². The highest BCUT2D eigenvalue weighted by atomic mass is 32.2. The van der Waals surface area contributed by atoms with Crippen LogP contribution in [0.5, 0.6) is 0 Å². The number of nitrogens with one attached hydrogen (secondary N) is 2. The van der Waals surface area contributed by atoms with E-state index in [0.29, 0.717) is 19.6 Å². The van der Waals surface area contributed by atoms with Gasteiger partial charge in [0.25, 0.3) is 5.91 Å². The summed E-state index contributed by atoms with van der Waals surface area (Å²) >= 11 is 0. The quantitative estimate of drug-likeness (QED) is 0.462. The van der Waals surface area contributed by atoms with Gasteiger partial charge in [0, 0.05) is 13.2 Å². The third-order valence-corrected chi connectivity index (χ3v) is 4.49. The Morgan fingerprint density at radius 3 is 2.60 bits per heavy atom. The molecule has 0 aromatic heterocycles. The summed E-state index contributed by atoms with van der Waals surface area (Å²) in [6.07, 6.45) is 0.793. The predicted molar refractivity (Wildman–Crippen MR) is 91.7 cm³/mol. The number of sulfonamides is 1. The van der Waals surface area contributed by atoms with E-state index in [1.165, 1.54) is 31.3 Å². The van der Waals surface area contributed by atoms with E-state index in [0.717, 1.165) is 0 Å². The number of rotatable bonds is 10. The first kappa shape index (κ1) is 21.1. The van der Waals surface area contributed by atoms with Crippen LogP contribution in [0.1, 0.15) is 30.6 Å². The van der Waals surface area contributed by atoms with Gasteiger partial charge in [-0.2, -0.15) is 0 Å². The summed E-state index contributed by atoms with van der Waals surface area (Å²) in [5.41, 5.74) is 0.0504. The highest BCUT2D eigenvalue weighted by Crippen LogP contribution is 2.12. The number of ether oxygens (including phenoxy) is 2. The summed E-state index contributed by atoms with van der Waals surface area (Å²) in [6.45, 7) is 4.36. The van der Waals surface area contributed by atoms with Gasteiger partial charge in [-0.25, -0.2) is 17.9 Å². The summed E-state index contributed by atoms with van der Waals surface area (Å²) in [4.78, 5) is 23.5. The first-order chi connectivity index (χ1) is 11.8. The second-order valence-electron chi connectivity index (χ2n) is 5.43. The predicted octanol–water partition coefficient (Wildman–Crippen LogP) is 0.683. The van der Waals surface area contributed by atoms with E-state index in [-0.39, 0.29) is 16.6 Å². The number of carbonyl (C=O) groups is 2. The van der Waals surface area contributed by atoms with E-state index in [2.05, 4.69) is 10.0 Å². The number of esters is 1. The minimum Gasteiger partial charge on any atom is -0.452 e. The molecule has 0 aliphatic heterocycles. The first-order valence-electron chi connectivity index (χ1n) is 7.85. The zero-order valence-corrected chi connectivity index (χ0v) is 15.4. The number of carbonyl (C=O) groups excluding carboxylic acids is 2. The van der Waals surface area contributed by atoms with Crippen molar-refractivity contribution in [3.63, 3.8) is 0 Å². The molecule has 0 aliphatic carbocycles. The van der Waals surface area contributed by atoms with Crippen LogP contribution in [0.3, 0.4) is 0 Å². The van der Waals surface area contributed by atoms with Crippen LogP contribution >= 0.6 is 0 Å². The van der Waals surface area contributed by atoms with Gasteiger partial charge in [0.05, 0.1) is 16.6 Å². The van der Waals surface area contributed by atoms with Gasteiger partial charge in [0.2, 0.25) is 10.0 Å². The van der Waals surface area contributed by atoms with Crippen molar-refractivity contribution in [2.45, 2.75) is 31.3 Å². The molecular formula is C16H24N2O6S. The zero-order chi connectivity index (χ0) is 18.9. The lowest BCUT2D eigenvalue weighted by Crippen LogP contribution is -2.30. The van der Waals surface area contributed by atoms with Crippen LogP contribution < -0.4 is 10.0 Å². The minimum atomic E-state index is -3.66. The van der Waals surface area contributed by atoms with E-state index in [9.17, 15) is 18.0 Å². The summed E-state index contributed by atoms with van der Waals surface area (Å²) in [5.74, 6) is -1.21. The Bertz CT molecular complexity index is 688. The Hall–Kier alpha value is -1.97. The molecule has 0 bridgehead atoms. The van der Waals surface area contributed by atoms with Crippen LogP contribution in [0, 0.1) is 0 Å². The summed E-state index contributed by atoms with van der Waals surface area (Å²) < 4.78 is 35.8. The van der Waals surface area contributed by atoms with Crippen molar-refractivity contribution in [2.75, 3.05) is 26.8 Å². The van der Waals surface area contributed by atoms with Crippen LogP contribution in [0.25, 0.3) is 0 Å². The fourth-order valence-electron chi connectivity index (χ4n) is 1.79. The molecule has 0 radical (unpaired) electrons. The average Bonchev–Trinajstić information content (AvgIpc) is 2.59. The van der Waals surface area contributed by atoms with Crippen molar-refractivity contribution in [3.05, 3.63) is 29.8 Å². The molecule has 140 valence electrons. The van der Waals surface area contributed by atoms with E-state index in [4.69, 9.17) is 9.47 Å².